The summed E-state index contributed by atoms with van der Waals surface area (Å²) in [6.45, 7) is 12.2. The van der Waals surface area contributed by atoms with Gasteiger partial charge in [-0.2, -0.15) is 0 Å². The number of hydrogen-bond acceptors (Lipinski definition) is 6. The Balaban J connectivity index is 1.24. The predicted octanol–water partition coefficient (Wildman–Crippen LogP) is 9.54. The van der Waals surface area contributed by atoms with E-state index >= 15 is 0 Å². The first-order valence-corrected chi connectivity index (χ1v) is 16.8. The first kappa shape index (κ1) is 32.0. The molecule has 7 heteroatoms. The molecule has 7 nitrogen and oxygen atoms in total. The number of nitrogens with zero attached hydrogens (tertiary/aromatic N) is 1. The Kier molecular flexibility index (Phi) is 9.33. The van der Waals surface area contributed by atoms with E-state index in [9.17, 15) is 14.9 Å². The molecule has 0 radical (unpaired) electrons. The van der Waals surface area contributed by atoms with Crippen molar-refractivity contribution in [3.63, 3.8) is 0 Å². The van der Waals surface area contributed by atoms with Crippen molar-refractivity contribution in [3.8, 4) is 5.75 Å². The van der Waals surface area contributed by atoms with Gasteiger partial charge in [0.2, 0.25) is 0 Å². The van der Waals surface area contributed by atoms with E-state index in [2.05, 4.69) is 46.8 Å². The number of hydrogen-bond donors (Lipinski definition) is 0. The summed E-state index contributed by atoms with van der Waals surface area (Å²) >= 11 is 0. The molecule has 1 aromatic carbocycles. The molecule has 0 spiro atoms. The molecule has 4 fully saturated rings. The maximum Gasteiger partial charge on any atom is 0.514 e. The summed E-state index contributed by atoms with van der Waals surface area (Å²) in [5.74, 6) is 4.42. The molecule has 0 aromatic heterocycles. The Morgan fingerprint density at radius 2 is 1.77 bits per heavy atom. The third kappa shape index (κ3) is 5.87. The van der Waals surface area contributed by atoms with Gasteiger partial charge in [-0.3, -0.25) is 10.1 Å². The highest BCUT2D eigenvalue weighted by molar-refractivity contribution is 5.64. The van der Waals surface area contributed by atoms with Gasteiger partial charge in [0.15, 0.2) is 0 Å². The molecule has 4 saturated carbocycles. The zero-order chi connectivity index (χ0) is 31.0. The van der Waals surface area contributed by atoms with Crippen molar-refractivity contribution in [1.82, 2.24) is 0 Å². The maximum atomic E-state index is 12.7. The minimum absolute atomic E-state index is 0.0489. The van der Waals surface area contributed by atoms with Crippen LogP contribution >= 0.6 is 0 Å². The third-order valence-electron chi connectivity index (χ3n) is 12.8. The molecule has 0 heterocycles. The van der Waals surface area contributed by atoms with Crippen molar-refractivity contribution >= 4 is 11.8 Å². The number of nitro benzene ring substituents is 1. The fourth-order valence-electron chi connectivity index (χ4n) is 10.5. The van der Waals surface area contributed by atoms with Crippen LogP contribution in [-0.2, 0) is 9.47 Å². The topological polar surface area (TPSA) is 87.9 Å². The zero-order valence-electron chi connectivity index (χ0n) is 27.2. The van der Waals surface area contributed by atoms with Crippen molar-refractivity contribution in [2.75, 3.05) is 7.11 Å². The summed E-state index contributed by atoms with van der Waals surface area (Å²) in [5, 5.41) is 10.9. The highest BCUT2D eigenvalue weighted by atomic mass is 16.7. The van der Waals surface area contributed by atoms with Crippen LogP contribution in [0.25, 0.3) is 0 Å². The molecular formula is C36H53NO6. The summed E-state index contributed by atoms with van der Waals surface area (Å²) in [6, 6.07) is 5.48. The Morgan fingerprint density at radius 3 is 2.44 bits per heavy atom. The number of carbonyl (C=O) groups excluding carboxylic acids is 1. The Hall–Kier alpha value is -2.41. The summed E-state index contributed by atoms with van der Waals surface area (Å²) in [4.78, 5) is 23.1. The zero-order valence-corrected chi connectivity index (χ0v) is 27.2. The lowest BCUT2D eigenvalue weighted by molar-refractivity contribution is -0.384. The summed E-state index contributed by atoms with van der Waals surface area (Å²) < 4.78 is 17.7. The lowest BCUT2D eigenvalue weighted by Gasteiger charge is -2.65. The average Bonchev–Trinajstić information content (AvgIpc) is 3.34. The van der Waals surface area contributed by atoms with Crippen LogP contribution in [0.15, 0.2) is 36.4 Å². The molecule has 0 aliphatic heterocycles. The number of allylic oxidation sites excluding steroid dienone is 2. The number of non-ortho nitro benzene ring substituents is 1. The van der Waals surface area contributed by atoms with Crippen LogP contribution in [-0.4, -0.2) is 29.9 Å². The minimum atomic E-state index is -0.764. The van der Waals surface area contributed by atoms with E-state index in [0.29, 0.717) is 29.6 Å². The SMILES string of the molecule is CCC[C@@H](C)/C=C/[C@@H](C)[C@H]1CC[C@H]2C3CC[C@@]4(OC)C[C@@H](OC(=O)Oc5ccc([N+](=O)[O-])cc5)CC[C@]4(C)[C@H]3CC[C@]12C. The molecule has 1 unspecified atom stereocenters. The molecule has 43 heavy (non-hydrogen) atoms. The monoisotopic (exact) mass is 595 g/mol. The molecule has 0 saturated heterocycles. The fourth-order valence-corrected chi connectivity index (χ4v) is 10.5. The summed E-state index contributed by atoms with van der Waals surface area (Å²) in [7, 11) is 1.85. The predicted molar refractivity (Wildman–Crippen MR) is 168 cm³/mol. The number of rotatable bonds is 9. The first-order chi connectivity index (χ1) is 20.5. The van der Waals surface area contributed by atoms with Gasteiger partial charge in [-0.25, -0.2) is 4.79 Å². The molecule has 10 atom stereocenters. The van der Waals surface area contributed by atoms with Crippen molar-refractivity contribution in [1.29, 1.82) is 0 Å². The smallest absolute Gasteiger partial charge is 0.431 e. The number of fused-ring (bicyclic) bond motifs is 5. The van der Waals surface area contributed by atoms with Gasteiger partial charge in [-0.05, 0) is 116 Å². The summed E-state index contributed by atoms with van der Waals surface area (Å²) in [6.07, 6.45) is 16.4. The number of benzene rings is 1. The van der Waals surface area contributed by atoms with Gasteiger partial charge < -0.3 is 14.2 Å². The van der Waals surface area contributed by atoms with E-state index in [-0.39, 0.29) is 28.6 Å². The van der Waals surface area contributed by atoms with E-state index in [1.165, 1.54) is 69.2 Å². The molecule has 0 N–H and O–H groups in total. The van der Waals surface area contributed by atoms with Crippen LogP contribution in [0.2, 0.25) is 0 Å². The van der Waals surface area contributed by atoms with Crippen molar-refractivity contribution in [2.24, 2.45) is 46.3 Å². The molecular weight excluding hydrogens is 542 g/mol. The van der Waals surface area contributed by atoms with Gasteiger partial charge in [-0.15, -0.1) is 0 Å². The van der Waals surface area contributed by atoms with Crippen LogP contribution in [0.5, 0.6) is 5.75 Å². The molecule has 0 amide bonds. The lowest BCUT2D eigenvalue weighted by Crippen LogP contribution is -2.64. The van der Waals surface area contributed by atoms with E-state index < -0.39 is 11.1 Å². The standard InChI is InChI=1S/C36H53NO6/c1-7-8-24(2)9-10-25(3)30-15-16-31-29-18-22-36(41-6)23-28(17-21-35(36,5)32(29)19-20-34(30,31)4)43-33(38)42-27-13-11-26(12-14-27)37(39)40/h9-14,24-25,28-32H,7-8,15-23H2,1-6H3/b10-9+/t24-,25-,28+,29?,30-,31+,32+,34-,35-,36-/m1/s1. The van der Waals surface area contributed by atoms with Gasteiger partial charge in [-0.1, -0.05) is 53.2 Å². The van der Waals surface area contributed by atoms with E-state index in [1.54, 1.807) is 0 Å². The second-order valence-corrected chi connectivity index (χ2v) is 14.9. The lowest BCUT2D eigenvalue weighted by atomic mass is 9.43. The number of methoxy groups -OCH3 is 1. The largest absolute Gasteiger partial charge is 0.514 e. The summed E-state index contributed by atoms with van der Waals surface area (Å²) in [5.41, 5.74) is 0.0870. The Labute approximate surface area is 258 Å². The van der Waals surface area contributed by atoms with Crippen molar-refractivity contribution < 1.29 is 23.9 Å². The van der Waals surface area contributed by atoms with E-state index in [0.717, 1.165) is 37.0 Å². The Morgan fingerprint density at radius 1 is 1.02 bits per heavy atom. The third-order valence-corrected chi connectivity index (χ3v) is 12.8. The van der Waals surface area contributed by atoms with Crippen LogP contribution in [0.3, 0.4) is 0 Å². The fraction of sp³-hybridized carbons (Fsp3) is 0.750. The number of ether oxygens (including phenoxy) is 3. The van der Waals surface area contributed by atoms with Crippen LogP contribution in [0.1, 0.15) is 105 Å². The second-order valence-electron chi connectivity index (χ2n) is 14.9. The van der Waals surface area contributed by atoms with Crippen LogP contribution < -0.4 is 4.74 Å². The van der Waals surface area contributed by atoms with Crippen molar-refractivity contribution in [2.45, 2.75) is 117 Å². The normalized spacial score (nSPS) is 38.4. The molecule has 238 valence electrons. The highest BCUT2D eigenvalue weighted by Gasteiger charge is 2.65. The van der Waals surface area contributed by atoms with Gasteiger partial charge >= 0.3 is 6.16 Å². The Bertz CT molecular complexity index is 1180. The second kappa shape index (κ2) is 12.5. The average molecular weight is 596 g/mol. The first-order valence-electron chi connectivity index (χ1n) is 16.8. The molecule has 1 aromatic rings. The van der Waals surface area contributed by atoms with E-state index in [4.69, 9.17) is 14.2 Å². The van der Waals surface area contributed by atoms with Gasteiger partial charge in [0.05, 0.1) is 10.5 Å². The molecule has 4 aliphatic rings. The van der Waals surface area contributed by atoms with E-state index in [1.807, 2.05) is 7.11 Å². The molecule has 0 bridgehead atoms. The van der Waals surface area contributed by atoms with Crippen molar-refractivity contribution in [3.05, 3.63) is 46.5 Å². The quantitative estimate of drug-likeness (QED) is 0.0929. The number of carbonyl (C=O) groups is 1. The molecule has 4 aliphatic carbocycles. The number of nitro groups is 1. The molecule has 5 rings (SSSR count). The maximum absolute atomic E-state index is 12.7. The highest BCUT2D eigenvalue weighted by Crippen LogP contribution is 2.69. The minimum Gasteiger partial charge on any atom is -0.431 e. The van der Waals surface area contributed by atoms with Gasteiger partial charge in [0.1, 0.15) is 11.9 Å². The van der Waals surface area contributed by atoms with Gasteiger partial charge in [0.25, 0.3) is 5.69 Å². The van der Waals surface area contributed by atoms with Gasteiger partial charge in [0, 0.05) is 25.7 Å². The van der Waals surface area contributed by atoms with Crippen LogP contribution in [0, 0.1) is 56.5 Å². The van der Waals surface area contributed by atoms with Crippen LogP contribution in [0.4, 0.5) is 10.5 Å².